The third-order valence-corrected chi connectivity index (χ3v) is 5.99. The van der Waals surface area contributed by atoms with Crippen molar-refractivity contribution in [2.24, 2.45) is 11.1 Å². The monoisotopic (exact) mass is 274 g/mol. The lowest BCUT2D eigenvalue weighted by Gasteiger charge is -2.38. The third-order valence-electron chi connectivity index (χ3n) is 3.43. The summed E-state index contributed by atoms with van der Waals surface area (Å²) < 4.78 is 26.9. The fraction of sp³-hybridized carbons (Fsp3) is 0.636. The molecule has 1 aromatic rings. The van der Waals surface area contributed by atoms with Crippen molar-refractivity contribution >= 4 is 21.4 Å². The van der Waals surface area contributed by atoms with Gasteiger partial charge in [0.15, 0.2) is 0 Å². The summed E-state index contributed by atoms with van der Waals surface area (Å²) >= 11 is 1.39. The minimum absolute atomic E-state index is 0.145. The van der Waals surface area contributed by atoms with Gasteiger partial charge >= 0.3 is 0 Å². The van der Waals surface area contributed by atoms with Crippen LogP contribution in [0.1, 0.15) is 31.1 Å². The van der Waals surface area contributed by atoms with Gasteiger partial charge in [-0.3, -0.25) is 0 Å². The predicted octanol–water partition coefficient (Wildman–Crippen LogP) is 1.68. The Morgan fingerprint density at radius 1 is 1.53 bits per heavy atom. The molecule has 3 N–H and O–H groups in total. The summed E-state index contributed by atoms with van der Waals surface area (Å²) in [5.41, 5.74) is 5.67. The van der Waals surface area contributed by atoms with Crippen molar-refractivity contribution in [2.75, 3.05) is 6.54 Å². The van der Waals surface area contributed by atoms with Crippen molar-refractivity contribution in [1.82, 2.24) is 4.72 Å². The molecular weight excluding hydrogens is 256 g/mol. The second-order valence-corrected chi connectivity index (χ2v) is 7.64. The van der Waals surface area contributed by atoms with E-state index in [9.17, 15) is 8.42 Å². The number of rotatable bonds is 5. The number of hydrogen-bond donors (Lipinski definition) is 2. The van der Waals surface area contributed by atoms with E-state index in [4.69, 9.17) is 5.73 Å². The number of nitrogens with two attached hydrogens (primary N) is 1. The lowest BCUT2D eigenvalue weighted by Crippen LogP contribution is -2.40. The summed E-state index contributed by atoms with van der Waals surface area (Å²) in [5, 5.41) is 1.77. The minimum Gasteiger partial charge on any atom is -0.326 e. The van der Waals surface area contributed by atoms with Crippen LogP contribution in [0.2, 0.25) is 0 Å². The van der Waals surface area contributed by atoms with Crippen molar-refractivity contribution in [1.29, 1.82) is 0 Å². The van der Waals surface area contributed by atoms with Crippen LogP contribution in [0, 0.1) is 5.41 Å². The quantitative estimate of drug-likeness (QED) is 0.858. The van der Waals surface area contributed by atoms with Crippen molar-refractivity contribution in [3.05, 3.63) is 16.3 Å². The SMILES string of the molecule is CC1(CNS(=O)(=O)c2ccsc2CN)CCC1. The maximum absolute atomic E-state index is 12.1. The maximum atomic E-state index is 12.1. The molecule has 1 aliphatic rings. The van der Waals surface area contributed by atoms with E-state index in [0.717, 1.165) is 17.7 Å². The molecule has 2 rings (SSSR count). The molecule has 1 aromatic heterocycles. The lowest BCUT2D eigenvalue weighted by atomic mass is 9.71. The van der Waals surface area contributed by atoms with Crippen LogP contribution in [0.15, 0.2) is 16.3 Å². The van der Waals surface area contributed by atoms with E-state index < -0.39 is 10.0 Å². The Morgan fingerprint density at radius 2 is 2.24 bits per heavy atom. The highest BCUT2D eigenvalue weighted by Gasteiger charge is 2.33. The van der Waals surface area contributed by atoms with Gasteiger partial charge in [-0.2, -0.15) is 0 Å². The van der Waals surface area contributed by atoms with Gasteiger partial charge in [-0.25, -0.2) is 13.1 Å². The van der Waals surface area contributed by atoms with E-state index in [-0.39, 0.29) is 12.0 Å². The average molecular weight is 274 g/mol. The lowest BCUT2D eigenvalue weighted by molar-refractivity contribution is 0.166. The summed E-state index contributed by atoms with van der Waals surface area (Å²) in [4.78, 5) is 1.06. The molecular formula is C11H18N2O2S2. The van der Waals surface area contributed by atoms with Crippen LogP contribution in [0.3, 0.4) is 0 Å². The molecule has 0 saturated heterocycles. The van der Waals surface area contributed by atoms with Crippen LogP contribution in [0.4, 0.5) is 0 Å². The zero-order valence-corrected chi connectivity index (χ0v) is 11.5. The minimum atomic E-state index is -3.39. The molecule has 1 saturated carbocycles. The van der Waals surface area contributed by atoms with E-state index in [1.807, 2.05) is 0 Å². The standard InChI is InChI=1S/C11H18N2O2S2/c1-11(4-2-5-11)8-13-17(14,15)10-3-6-16-9(10)7-12/h3,6,13H,2,4-5,7-8,12H2,1H3. The largest absolute Gasteiger partial charge is 0.326 e. The molecule has 17 heavy (non-hydrogen) atoms. The Labute approximate surface area is 106 Å². The first-order chi connectivity index (χ1) is 7.97. The van der Waals surface area contributed by atoms with Crippen molar-refractivity contribution in [3.63, 3.8) is 0 Å². The summed E-state index contributed by atoms with van der Waals surface area (Å²) in [7, 11) is -3.39. The van der Waals surface area contributed by atoms with E-state index in [2.05, 4.69) is 11.6 Å². The van der Waals surface area contributed by atoms with Gasteiger partial charge in [0.2, 0.25) is 10.0 Å². The molecule has 0 radical (unpaired) electrons. The molecule has 4 nitrogen and oxygen atoms in total. The summed E-state index contributed by atoms with van der Waals surface area (Å²) in [5.74, 6) is 0. The summed E-state index contributed by atoms with van der Waals surface area (Å²) in [6, 6.07) is 1.62. The summed E-state index contributed by atoms with van der Waals surface area (Å²) in [6.07, 6.45) is 3.40. The molecule has 0 aromatic carbocycles. The highest BCUT2D eigenvalue weighted by Crippen LogP contribution is 2.39. The molecule has 1 aliphatic carbocycles. The van der Waals surface area contributed by atoms with E-state index in [1.165, 1.54) is 17.8 Å². The zero-order valence-electron chi connectivity index (χ0n) is 9.90. The molecule has 1 fully saturated rings. The van der Waals surface area contributed by atoms with E-state index in [0.29, 0.717) is 11.4 Å². The third kappa shape index (κ3) is 2.70. The molecule has 6 heteroatoms. The first kappa shape index (κ1) is 13.0. The van der Waals surface area contributed by atoms with Crippen LogP contribution in [-0.2, 0) is 16.6 Å². The first-order valence-electron chi connectivity index (χ1n) is 5.73. The molecule has 0 unspecified atom stereocenters. The van der Waals surface area contributed by atoms with Crippen molar-refractivity contribution < 1.29 is 8.42 Å². The van der Waals surface area contributed by atoms with Crippen LogP contribution < -0.4 is 10.5 Å². The Morgan fingerprint density at radius 3 is 2.76 bits per heavy atom. The van der Waals surface area contributed by atoms with Crippen molar-refractivity contribution in [3.8, 4) is 0 Å². The Kier molecular flexibility index (Phi) is 3.58. The number of hydrogen-bond acceptors (Lipinski definition) is 4. The number of sulfonamides is 1. The van der Waals surface area contributed by atoms with E-state index >= 15 is 0 Å². The molecule has 1 heterocycles. The highest BCUT2D eigenvalue weighted by molar-refractivity contribution is 7.89. The molecule has 0 amide bonds. The van der Waals surface area contributed by atoms with Crippen LogP contribution >= 0.6 is 11.3 Å². The molecule has 0 aliphatic heterocycles. The number of nitrogens with one attached hydrogen (secondary N) is 1. The number of thiophene rings is 1. The second-order valence-electron chi connectivity index (χ2n) is 4.90. The van der Waals surface area contributed by atoms with E-state index in [1.54, 1.807) is 11.4 Å². The first-order valence-corrected chi connectivity index (χ1v) is 8.09. The highest BCUT2D eigenvalue weighted by atomic mass is 32.2. The maximum Gasteiger partial charge on any atom is 0.241 e. The Balaban J connectivity index is 2.08. The predicted molar refractivity (Wildman–Crippen MR) is 69.4 cm³/mol. The van der Waals surface area contributed by atoms with Gasteiger partial charge in [-0.1, -0.05) is 13.3 Å². The normalized spacial score (nSPS) is 18.9. The topological polar surface area (TPSA) is 72.2 Å². The van der Waals surface area contributed by atoms with Gasteiger partial charge in [-0.05, 0) is 29.7 Å². The van der Waals surface area contributed by atoms with Gasteiger partial charge in [-0.15, -0.1) is 11.3 Å². The van der Waals surface area contributed by atoms with Gasteiger partial charge in [0.25, 0.3) is 0 Å². The van der Waals surface area contributed by atoms with Crippen LogP contribution in [0.25, 0.3) is 0 Å². The Hall–Kier alpha value is -0.430. The summed E-state index contributed by atoms with van der Waals surface area (Å²) in [6.45, 7) is 2.91. The van der Waals surface area contributed by atoms with Gasteiger partial charge in [0.05, 0.1) is 4.90 Å². The fourth-order valence-corrected chi connectivity index (χ4v) is 4.55. The smallest absolute Gasteiger partial charge is 0.241 e. The van der Waals surface area contributed by atoms with Crippen molar-refractivity contribution in [2.45, 2.75) is 37.6 Å². The van der Waals surface area contributed by atoms with Gasteiger partial charge < -0.3 is 5.73 Å². The average Bonchev–Trinajstić information content (AvgIpc) is 2.72. The molecule has 96 valence electrons. The Bertz CT molecular complexity index is 489. The zero-order chi connectivity index (χ0) is 12.5. The van der Waals surface area contributed by atoms with Crippen LogP contribution in [0.5, 0.6) is 0 Å². The second kappa shape index (κ2) is 4.68. The molecule has 0 bridgehead atoms. The fourth-order valence-electron chi connectivity index (χ4n) is 2.02. The van der Waals surface area contributed by atoms with Crippen LogP contribution in [-0.4, -0.2) is 15.0 Å². The molecule has 0 spiro atoms. The van der Waals surface area contributed by atoms with Gasteiger partial charge in [0, 0.05) is 18.0 Å². The molecule has 0 atom stereocenters. The van der Waals surface area contributed by atoms with Gasteiger partial charge in [0.1, 0.15) is 0 Å².